The third-order valence-corrected chi connectivity index (χ3v) is 5.60. The van der Waals surface area contributed by atoms with E-state index in [1.54, 1.807) is 13.1 Å². The number of likely N-dealkylation sites (tertiary alicyclic amines) is 1. The molecule has 0 aromatic heterocycles. The maximum absolute atomic E-state index is 12.5. The lowest BCUT2D eigenvalue weighted by Gasteiger charge is -2.41. The molecule has 2 aliphatic rings. The first-order chi connectivity index (χ1) is 12.8. The van der Waals surface area contributed by atoms with Gasteiger partial charge in [0.05, 0.1) is 0 Å². The van der Waals surface area contributed by atoms with Gasteiger partial charge in [-0.3, -0.25) is 14.5 Å². The minimum absolute atomic E-state index is 0.134. The molecule has 146 valence electrons. The molecular formula is C19H25N3O5. The number of hydrogen-bond acceptors (Lipinski definition) is 5. The molecule has 1 spiro atoms. The molecule has 1 aromatic carbocycles. The van der Waals surface area contributed by atoms with Crippen molar-refractivity contribution in [2.45, 2.75) is 31.4 Å². The number of hydrogen-bond donors (Lipinski definition) is 1. The highest BCUT2D eigenvalue weighted by Crippen LogP contribution is 2.35. The first kappa shape index (κ1) is 19.2. The van der Waals surface area contributed by atoms with Gasteiger partial charge in [0, 0.05) is 27.2 Å². The predicted molar refractivity (Wildman–Crippen MR) is 97.2 cm³/mol. The number of para-hydroxylation sites is 1. The molecule has 1 aromatic rings. The third kappa shape index (κ3) is 3.25. The van der Waals surface area contributed by atoms with E-state index in [0.717, 1.165) is 10.5 Å². The van der Waals surface area contributed by atoms with Gasteiger partial charge < -0.3 is 19.6 Å². The molecule has 0 radical (unpaired) electrons. The second kappa shape index (κ2) is 7.19. The van der Waals surface area contributed by atoms with E-state index in [9.17, 15) is 19.5 Å². The molecule has 0 saturated carbocycles. The molecule has 2 saturated heterocycles. The number of benzene rings is 1. The van der Waals surface area contributed by atoms with Gasteiger partial charge in [0.2, 0.25) is 0 Å². The molecule has 0 aliphatic carbocycles. The Kier molecular flexibility index (Phi) is 5.10. The van der Waals surface area contributed by atoms with Gasteiger partial charge in [-0.1, -0.05) is 18.2 Å². The van der Waals surface area contributed by atoms with Gasteiger partial charge in [0.15, 0.2) is 6.10 Å². The zero-order valence-corrected chi connectivity index (χ0v) is 15.8. The van der Waals surface area contributed by atoms with E-state index < -0.39 is 17.6 Å². The van der Waals surface area contributed by atoms with Crippen LogP contribution in [0.1, 0.15) is 18.4 Å². The second-order valence-corrected chi connectivity index (χ2v) is 7.15. The van der Waals surface area contributed by atoms with Crippen molar-refractivity contribution in [2.75, 3.05) is 33.8 Å². The van der Waals surface area contributed by atoms with E-state index in [2.05, 4.69) is 0 Å². The molecule has 0 unspecified atom stereocenters. The molecule has 4 amide bonds. The summed E-state index contributed by atoms with van der Waals surface area (Å²) in [7, 11) is 3.09. The summed E-state index contributed by atoms with van der Waals surface area (Å²) < 4.78 is 5.55. The van der Waals surface area contributed by atoms with Crippen LogP contribution in [0.25, 0.3) is 0 Å². The van der Waals surface area contributed by atoms with Gasteiger partial charge >= 0.3 is 6.03 Å². The van der Waals surface area contributed by atoms with Crippen molar-refractivity contribution in [2.24, 2.45) is 0 Å². The number of aliphatic hydroxyl groups excluding tert-OH is 1. The summed E-state index contributed by atoms with van der Waals surface area (Å²) in [6.45, 7) is 2.36. The van der Waals surface area contributed by atoms with E-state index in [0.29, 0.717) is 31.7 Å². The summed E-state index contributed by atoms with van der Waals surface area (Å²) >= 11 is 0. The summed E-state index contributed by atoms with van der Waals surface area (Å²) in [6, 6.07) is 7.06. The molecule has 2 aliphatic heterocycles. The highest BCUT2D eigenvalue weighted by Gasteiger charge is 2.55. The summed E-state index contributed by atoms with van der Waals surface area (Å²) in [4.78, 5) is 41.2. The van der Waals surface area contributed by atoms with Gasteiger partial charge in [-0.15, -0.1) is 0 Å². The SMILES string of the molecule is Cc1ccccc1OC[C@H](O)C(=O)N1CCC2(CC1)C(=O)N(C)C(=O)N2C. The van der Waals surface area contributed by atoms with E-state index in [1.165, 1.54) is 16.8 Å². The van der Waals surface area contributed by atoms with Crippen LogP contribution in [0.5, 0.6) is 5.75 Å². The second-order valence-electron chi connectivity index (χ2n) is 7.15. The smallest absolute Gasteiger partial charge is 0.327 e. The van der Waals surface area contributed by atoms with Gasteiger partial charge in [-0.25, -0.2) is 4.79 Å². The van der Waals surface area contributed by atoms with Gasteiger partial charge in [0.25, 0.3) is 11.8 Å². The zero-order chi connectivity index (χ0) is 19.8. The normalized spacial score (nSPS) is 20.4. The fraction of sp³-hybridized carbons (Fsp3) is 0.526. The summed E-state index contributed by atoms with van der Waals surface area (Å²) in [5.41, 5.74) is 0.0409. The Morgan fingerprint density at radius 2 is 1.85 bits per heavy atom. The molecular weight excluding hydrogens is 350 g/mol. The standard InChI is InChI=1S/C19H25N3O5/c1-13-6-4-5-7-15(13)27-12-14(23)16(24)22-10-8-19(9-11-22)17(25)20(2)18(26)21(19)3/h4-7,14,23H,8-12H2,1-3H3/t14-/m0/s1. The number of carbonyl (C=O) groups excluding carboxylic acids is 3. The molecule has 8 heteroatoms. The number of likely N-dealkylation sites (N-methyl/N-ethyl adjacent to an activating group) is 2. The molecule has 2 fully saturated rings. The van der Waals surface area contributed by atoms with Crippen LogP contribution in [-0.2, 0) is 9.59 Å². The Labute approximate surface area is 158 Å². The van der Waals surface area contributed by atoms with Crippen molar-refractivity contribution in [3.63, 3.8) is 0 Å². The van der Waals surface area contributed by atoms with E-state index in [-0.39, 0.29) is 18.5 Å². The van der Waals surface area contributed by atoms with Gasteiger partial charge in [0.1, 0.15) is 17.9 Å². The summed E-state index contributed by atoms with van der Waals surface area (Å²) in [5.74, 6) is -0.0292. The molecule has 1 N–H and O–H groups in total. The number of imide groups is 1. The number of urea groups is 1. The van der Waals surface area contributed by atoms with Crippen LogP contribution in [0.15, 0.2) is 24.3 Å². The first-order valence-corrected chi connectivity index (χ1v) is 8.99. The average Bonchev–Trinajstić information content (AvgIpc) is 2.83. The minimum Gasteiger partial charge on any atom is -0.490 e. The predicted octanol–water partition coefficient (Wildman–Crippen LogP) is 0.620. The van der Waals surface area contributed by atoms with E-state index in [1.807, 2.05) is 25.1 Å². The Balaban J connectivity index is 1.58. The third-order valence-electron chi connectivity index (χ3n) is 5.60. The molecule has 2 heterocycles. The van der Waals surface area contributed by atoms with Gasteiger partial charge in [-0.2, -0.15) is 0 Å². The Morgan fingerprint density at radius 1 is 1.22 bits per heavy atom. The molecule has 8 nitrogen and oxygen atoms in total. The maximum atomic E-state index is 12.5. The van der Waals surface area contributed by atoms with Crippen LogP contribution in [0.4, 0.5) is 4.79 Å². The summed E-state index contributed by atoms with van der Waals surface area (Å²) in [6.07, 6.45) is -0.564. The van der Waals surface area contributed by atoms with Crippen molar-refractivity contribution in [1.82, 2.24) is 14.7 Å². The number of piperidine rings is 1. The van der Waals surface area contributed by atoms with E-state index in [4.69, 9.17) is 4.74 Å². The van der Waals surface area contributed by atoms with Crippen molar-refractivity contribution in [3.8, 4) is 5.75 Å². The molecule has 3 rings (SSSR count). The van der Waals surface area contributed by atoms with Crippen LogP contribution in [0.2, 0.25) is 0 Å². The van der Waals surface area contributed by atoms with Crippen LogP contribution in [0.3, 0.4) is 0 Å². The molecule has 1 atom stereocenters. The lowest BCUT2D eigenvalue weighted by Crippen LogP contribution is -2.57. The number of aryl methyl sites for hydroxylation is 1. The van der Waals surface area contributed by atoms with Crippen molar-refractivity contribution >= 4 is 17.8 Å². The average molecular weight is 375 g/mol. The Hall–Kier alpha value is -2.61. The molecule has 0 bridgehead atoms. The number of nitrogens with zero attached hydrogens (tertiary/aromatic N) is 3. The lowest BCUT2D eigenvalue weighted by molar-refractivity contribution is -0.146. The summed E-state index contributed by atoms with van der Waals surface area (Å²) in [5, 5.41) is 10.2. The molecule has 27 heavy (non-hydrogen) atoms. The van der Waals surface area contributed by atoms with Crippen LogP contribution < -0.4 is 4.74 Å². The fourth-order valence-electron chi connectivity index (χ4n) is 3.77. The maximum Gasteiger partial charge on any atom is 0.327 e. The number of rotatable bonds is 4. The van der Waals surface area contributed by atoms with Crippen LogP contribution in [0, 0.1) is 6.92 Å². The van der Waals surface area contributed by atoms with Crippen molar-refractivity contribution < 1.29 is 24.2 Å². The fourth-order valence-corrected chi connectivity index (χ4v) is 3.77. The van der Waals surface area contributed by atoms with Crippen molar-refractivity contribution in [1.29, 1.82) is 0 Å². The Morgan fingerprint density at radius 3 is 2.41 bits per heavy atom. The zero-order valence-electron chi connectivity index (χ0n) is 15.8. The Bertz CT molecular complexity index is 757. The first-order valence-electron chi connectivity index (χ1n) is 8.99. The number of carbonyl (C=O) groups is 3. The monoisotopic (exact) mass is 375 g/mol. The topological polar surface area (TPSA) is 90.4 Å². The highest BCUT2D eigenvalue weighted by atomic mass is 16.5. The highest BCUT2D eigenvalue weighted by molar-refractivity contribution is 6.06. The van der Waals surface area contributed by atoms with E-state index >= 15 is 0 Å². The lowest BCUT2D eigenvalue weighted by atomic mass is 9.86. The van der Waals surface area contributed by atoms with Gasteiger partial charge in [-0.05, 0) is 31.4 Å². The number of amides is 4. The quantitative estimate of drug-likeness (QED) is 0.779. The number of aliphatic hydroxyl groups is 1. The van der Waals surface area contributed by atoms with Crippen LogP contribution >= 0.6 is 0 Å². The largest absolute Gasteiger partial charge is 0.490 e. The van der Waals surface area contributed by atoms with Crippen molar-refractivity contribution in [3.05, 3.63) is 29.8 Å². The minimum atomic E-state index is -1.28. The van der Waals surface area contributed by atoms with Crippen LogP contribution in [-0.4, -0.2) is 83.1 Å². The number of ether oxygens (including phenoxy) is 1.